The second-order valence-corrected chi connectivity index (χ2v) is 10.8. The fourth-order valence-corrected chi connectivity index (χ4v) is 7.07. The Morgan fingerprint density at radius 3 is 1.80 bits per heavy atom. The van der Waals surface area contributed by atoms with E-state index < -0.39 is 8.07 Å². The Balaban J connectivity index is 1.98. The molecule has 3 unspecified atom stereocenters. The van der Waals surface area contributed by atoms with Gasteiger partial charge in [-0.1, -0.05) is 88.4 Å². The number of nitrogens with zero attached hydrogens (tertiary/aromatic N) is 1. The lowest BCUT2D eigenvalue weighted by Crippen LogP contribution is -2.47. The van der Waals surface area contributed by atoms with Gasteiger partial charge >= 0.3 is 0 Å². The summed E-state index contributed by atoms with van der Waals surface area (Å²) in [5, 5.41) is 2.91. The van der Waals surface area contributed by atoms with Crippen molar-refractivity contribution < 1.29 is 0 Å². The average molecular weight is 353 g/mol. The quantitative estimate of drug-likeness (QED) is 0.663. The number of benzene rings is 2. The Hall–Kier alpha value is -1.17. The molecule has 1 aliphatic rings. The van der Waals surface area contributed by atoms with Gasteiger partial charge in [0, 0.05) is 14.1 Å². The fourth-order valence-electron chi connectivity index (χ4n) is 4.54. The minimum atomic E-state index is -0.489. The molecule has 2 aromatic carbocycles. The van der Waals surface area contributed by atoms with Gasteiger partial charge in [0.15, 0.2) is 0 Å². The normalized spacial score (nSPS) is 26.1. The zero-order valence-electron chi connectivity index (χ0n) is 16.3. The SMILES string of the molecule is CC1CC(C)(C)CC(N(C)P(c2ccccc2)c2ccccc2)C1C. The molecule has 1 saturated carbocycles. The topological polar surface area (TPSA) is 3.24 Å². The summed E-state index contributed by atoms with van der Waals surface area (Å²) in [5.74, 6) is 1.51. The van der Waals surface area contributed by atoms with Crippen molar-refractivity contribution in [1.82, 2.24) is 4.67 Å². The van der Waals surface area contributed by atoms with Crippen molar-refractivity contribution in [2.45, 2.75) is 46.6 Å². The van der Waals surface area contributed by atoms with Crippen LogP contribution >= 0.6 is 8.07 Å². The van der Waals surface area contributed by atoms with Crippen LogP contribution in [0.25, 0.3) is 0 Å². The Morgan fingerprint density at radius 1 is 0.840 bits per heavy atom. The summed E-state index contributed by atoms with van der Waals surface area (Å²) in [6.45, 7) is 9.80. The summed E-state index contributed by atoms with van der Waals surface area (Å²) in [4.78, 5) is 0. The van der Waals surface area contributed by atoms with Crippen molar-refractivity contribution in [2.24, 2.45) is 17.3 Å². The van der Waals surface area contributed by atoms with Crippen LogP contribution in [0.3, 0.4) is 0 Å². The second-order valence-electron chi connectivity index (χ2n) is 8.53. The van der Waals surface area contributed by atoms with Gasteiger partial charge < -0.3 is 0 Å². The van der Waals surface area contributed by atoms with E-state index in [9.17, 15) is 0 Å². The van der Waals surface area contributed by atoms with Crippen LogP contribution in [-0.4, -0.2) is 17.8 Å². The summed E-state index contributed by atoms with van der Waals surface area (Å²) in [6, 6.07) is 22.8. The highest BCUT2D eigenvalue weighted by atomic mass is 31.1. The van der Waals surface area contributed by atoms with Crippen molar-refractivity contribution in [3.8, 4) is 0 Å². The third-order valence-corrected chi connectivity index (χ3v) is 8.44. The van der Waals surface area contributed by atoms with Crippen LogP contribution in [-0.2, 0) is 0 Å². The van der Waals surface area contributed by atoms with E-state index >= 15 is 0 Å². The fraction of sp³-hybridized carbons (Fsp3) is 0.478. The second kappa shape index (κ2) is 7.60. The minimum absolute atomic E-state index is 0.430. The lowest BCUT2D eigenvalue weighted by Gasteiger charge is -2.49. The zero-order valence-corrected chi connectivity index (χ0v) is 17.2. The molecule has 1 fully saturated rings. The lowest BCUT2D eigenvalue weighted by atomic mass is 9.66. The summed E-state index contributed by atoms with van der Waals surface area (Å²) < 4.78 is 2.71. The van der Waals surface area contributed by atoms with E-state index in [0.717, 1.165) is 11.8 Å². The third-order valence-electron chi connectivity index (χ3n) is 5.94. The van der Waals surface area contributed by atoms with Gasteiger partial charge in [0.2, 0.25) is 0 Å². The Kier molecular flexibility index (Phi) is 5.66. The molecule has 0 N–H and O–H groups in total. The molecule has 0 bridgehead atoms. The molecule has 0 aromatic heterocycles. The van der Waals surface area contributed by atoms with Crippen LogP contribution in [0.4, 0.5) is 0 Å². The van der Waals surface area contributed by atoms with Crippen LogP contribution in [0.2, 0.25) is 0 Å². The van der Waals surface area contributed by atoms with Gasteiger partial charge in [-0.15, -0.1) is 0 Å². The number of rotatable bonds is 4. The molecule has 0 amide bonds. The molecular weight excluding hydrogens is 321 g/mol. The Bertz CT molecular complexity index is 628. The zero-order chi connectivity index (χ0) is 18.0. The molecule has 1 nitrogen and oxygen atoms in total. The van der Waals surface area contributed by atoms with E-state index in [0.29, 0.717) is 11.5 Å². The van der Waals surface area contributed by atoms with Crippen molar-refractivity contribution in [1.29, 1.82) is 0 Å². The van der Waals surface area contributed by atoms with E-state index in [4.69, 9.17) is 0 Å². The molecule has 25 heavy (non-hydrogen) atoms. The van der Waals surface area contributed by atoms with Crippen LogP contribution in [0.15, 0.2) is 60.7 Å². The first-order valence-corrected chi connectivity index (χ1v) is 10.8. The predicted molar refractivity (Wildman–Crippen MR) is 112 cm³/mol. The monoisotopic (exact) mass is 353 g/mol. The van der Waals surface area contributed by atoms with Crippen molar-refractivity contribution in [3.63, 3.8) is 0 Å². The van der Waals surface area contributed by atoms with Gasteiger partial charge in [-0.3, -0.25) is 4.67 Å². The molecule has 3 atom stereocenters. The standard InChI is InChI=1S/C23H32NP/c1-18-16-23(3,4)17-22(19(18)2)24(5)25(20-12-8-6-9-13-20)21-14-10-7-11-15-21/h6-15,18-19,22H,16-17H2,1-5H3. The van der Waals surface area contributed by atoms with E-state index in [-0.39, 0.29) is 0 Å². The molecule has 0 aliphatic heterocycles. The number of hydrogen-bond acceptors (Lipinski definition) is 1. The van der Waals surface area contributed by atoms with Crippen LogP contribution in [0, 0.1) is 17.3 Å². The molecule has 3 rings (SSSR count). The van der Waals surface area contributed by atoms with Crippen molar-refractivity contribution in [3.05, 3.63) is 60.7 Å². The highest BCUT2D eigenvalue weighted by Crippen LogP contribution is 2.49. The van der Waals surface area contributed by atoms with Crippen LogP contribution < -0.4 is 10.6 Å². The highest BCUT2D eigenvalue weighted by Gasteiger charge is 2.41. The molecule has 2 heteroatoms. The molecule has 0 spiro atoms. The Morgan fingerprint density at radius 2 is 1.32 bits per heavy atom. The molecule has 0 saturated heterocycles. The third kappa shape index (κ3) is 4.15. The maximum Gasteiger partial charge on any atom is 0.0281 e. The lowest BCUT2D eigenvalue weighted by molar-refractivity contribution is 0.0702. The first-order chi connectivity index (χ1) is 11.9. The maximum atomic E-state index is 2.71. The smallest absolute Gasteiger partial charge is 0.0281 e. The van der Waals surface area contributed by atoms with E-state index in [1.54, 1.807) is 0 Å². The van der Waals surface area contributed by atoms with E-state index in [1.807, 2.05) is 0 Å². The average Bonchev–Trinajstić information content (AvgIpc) is 2.60. The van der Waals surface area contributed by atoms with Crippen molar-refractivity contribution >= 4 is 18.7 Å². The number of hydrogen-bond donors (Lipinski definition) is 0. The Labute approximate surface area is 155 Å². The van der Waals surface area contributed by atoms with Gasteiger partial charge in [-0.2, -0.15) is 0 Å². The van der Waals surface area contributed by atoms with Gasteiger partial charge in [-0.05, 0) is 47.7 Å². The predicted octanol–water partition coefficient (Wildman–Crippen LogP) is 5.43. The van der Waals surface area contributed by atoms with Gasteiger partial charge in [-0.25, -0.2) is 0 Å². The van der Waals surface area contributed by atoms with E-state index in [2.05, 4.69) is 100 Å². The maximum absolute atomic E-state index is 2.71. The van der Waals surface area contributed by atoms with Gasteiger partial charge in [0.05, 0.1) is 0 Å². The van der Waals surface area contributed by atoms with Gasteiger partial charge in [0.1, 0.15) is 0 Å². The van der Waals surface area contributed by atoms with E-state index in [1.165, 1.54) is 23.5 Å². The van der Waals surface area contributed by atoms with Crippen molar-refractivity contribution in [2.75, 3.05) is 7.05 Å². The molecule has 1 aliphatic carbocycles. The summed E-state index contributed by atoms with van der Waals surface area (Å²) >= 11 is 0. The molecule has 0 heterocycles. The minimum Gasteiger partial charge on any atom is -0.275 e. The largest absolute Gasteiger partial charge is 0.275 e. The first kappa shape index (κ1) is 18.6. The van der Waals surface area contributed by atoms with Crippen LogP contribution in [0.5, 0.6) is 0 Å². The molecule has 0 radical (unpaired) electrons. The molecular formula is C23H32NP. The first-order valence-electron chi connectivity index (χ1n) is 9.52. The summed E-state index contributed by atoms with van der Waals surface area (Å²) in [5.41, 5.74) is 0.430. The molecule has 2 aromatic rings. The molecule has 134 valence electrons. The summed E-state index contributed by atoms with van der Waals surface area (Å²) in [6.07, 6.45) is 2.63. The summed E-state index contributed by atoms with van der Waals surface area (Å²) in [7, 11) is 1.87. The van der Waals surface area contributed by atoms with Gasteiger partial charge in [0.25, 0.3) is 0 Å². The highest BCUT2D eigenvalue weighted by molar-refractivity contribution is 7.70. The van der Waals surface area contributed by atoms with Crippen LogP contribution in [0.1, 0.15) is 40.5 Å².